The number of benzene rings is 2. The fraction of sp³-hybridized carbons (Fsp3) is 0.200. The van der Waals surface area contributed by atoms with E-state index in [0.29, 0.717) is 22.1 Å². The zero-order valence-electron chi connectivity index (χ0n) is 10.8. The molecule has 0 aliphatic rings. The maximum absolute atomic E-state index is 14.1. The van der Waals surface area contributed by atoms with E-state index in [4.69, 9.17) is 0 Å². The molecule has 0 heterocycles. The van der Waals surface area contributed by atoms with Crippen molar-refractivity contribution in [2.45, 2.75) is 13.0 Å². The van der Waals surface area contributed by atoms with Crippen molar-refractivity contribution in [1.82, 2.24) is 5.32 Å². The van der Waals surface area contributed by atoms with Crippen LogP contribution >= 0.6 is 15.9 Å². The summed E-state index contributed by atoms with van der Waals surface area (Å²) in [7, 11) is 0. The first-order chi connectivity index (χ1) is 9.52. The first kappa shape index (κ1) is 15.1. The van der Waals surface area contributed by atoms with Gasteiger partial charge in [0.05, 0.1) is 6.04 Å². The minimum absolute atomic E-state index is 0.333. The van der Waals surface area contributed by atoms with Crippen molar-refractivity contribution in [2.24, 2.45) is 0 Å². The molecule has 0 amide bonds. The normalized spacial score (nSPS) is 12.4. The van der Waals surface area contributed by atoms with Crippen LogP contribution in [0.2, 0.25) is 0 Å². The first-order valence-corrected chi connectivity index (χ1v) is 6.95. The number of hydrogen-bond acceptors (Lipinski definition) is 1. The van der Waals surface area contributed by atoms with E-state index in [2.05, 4.69) is 21.2 Å². The molecule has 0 radical (unpaired) electrons. The van der Waals surface area contributed by atoms with E-state index in [1.807, 2.05) is 6.92 Å². The molecule has 0 spiro atoms. The second-order valence-corrected chi connectivity index (χ2v) is 5.18. The third-order valence-electron chi connectivity index (χ3n) is 2.91. The van der Waals surface area contributed by atoms with E-state index >= 15 is 0 Å². The molecule has 0 aliphatic heterocycles. The molecule has 0 saturated heterocycles. The number of hydrogen-bond donors (Lipinski definition) is 1. The summed E-state index contributed by atoms with van der Waals surface area (Å²) in [4.78, 5) is 0. The Morgan fingerprint density at radius 2 is 1.75 bits per heavy atom. The Hall–Kier alpha value is -1.33. The Morgan fingerprint density at radius 3 is 2.30 bits per heavy atom. The summed E-state index contributed by atoms with van der Waals surface area (Å²) >= 11 is 3.28. The molecule has 106 valence electrons. The summed E-state index contributed by atoms with van der Waals surface area (Å²) < 4.78 is 41.3. The molecule has 1 atom stereocenters. The van der Waals surface area contributed by atoms with Crippen molar-refractivity contribution in [1.29, 1.82) is 0 Å². The zero-order valence-corrected chi connectivity index (χ0v) is 12.3. The van der Waals surface area contributed by atoms with Crippen LogP contribution in [0.15, 0.2) is 40.9 Å². The molecule has 20 heavy (non-hydrogen) atoms. The van der Waals surface area contributed by atoms with E-state index in [0.717, 1.165) is 6.07 Å². The molecule has 0 saturated carbocycles. The fourth-order valence-electron chi connectivity index (χ4n) is 2.12. The van der Waals surface area contributed by atoms with Crippen LogP contribution in [-0.4, -0.2) is 6.54 Å². The lowest BCUT2D eigenvalue weighted by molar-refractivity contribution is 0.541. The maximum atomic E-state index is 14.1. The molecule has 5 heteroatoms. The van der Waals surface area contributed by atoms with Crippen LogP contribution in [-0.2, 0) is 0 Å². The molecule has 2 aromatic rings. The van der Waals surface area contributed by atoms with Crippen molar-refractivity contribution in [3.63, 3.8) is 0 Å². The molecule has 2 aromatic carbocycles. The molecule has 0 fully saturated rings. The van der Waals surface area contributed by atoms with E-state index in [1.165, 1.54) is 18.2 Å². The predicted octanol–water partition coefficient (Wildman–Crippen LogP) is 4.57. The largest absolute Gasteiger partial charge is 0.306 e. The Balaban J connectivity index is 2.56. The molecule has 2 rings (SSSR count). The standard InChI is InChI=1S/C15H13BrF3N/c1-2-20-15(9-6-10(17)8-11(18)7-9)14-12(16)4-3-5-13(14)19/h3-8,15,20H,2H2,1H3. The zero-order chi connectivity index (χ0) is 14.7. The van der Waals surface area contributed by atoms with Crippen molar-refractivity contribution in [2.75, 3.05) is 6.54 Å². The third-order valence-corrected chi connectivity index (χ3v) is 3.61. The van der Waals surface area contributed by atoms with Gasteiger partial charge in [-0.25, -0.2) is 13.2 Å². The number of rotatable bonds is 4. The minimum Gasteiger partial charge on any atom is -0.306 e. The molecule has 0 bridgehead atoms. The second kappa shape index (κ2) is 6.41. The molecular weight excluding hydrogens is 331 g/mol. The van der Waals surface area contributed by atoms with Crippen LogP contribution in [0.4, 0.5) is 13.2 Å². The number of nitrogens with one attached hydrogen (secondary N) is 1. The Kier molecular flexibility index (Phi) is 4.83. The molecule has 0 aromatic heterocycles. The van der Waals surface area contributed by atoms with Gasteiger partial charge in [0.2, 0.25) is 0 Å². The lowest BCUT2D eigenvalue weighted by Gasteiger charge is -2.21. The van der Waals surface area contributed by atoms with Crippen LogP contribution < -0.4 is 5.32 Å². The van der Waals surface area contributed by atoms with Gasteiger partial charge in [-0.3, -0.25) is 0 Å². The highest BCUT2D eigenvalue weighted by Gasteiger charge is 2.21. The lowest BCUT2D eigenvalue weighted by atomic mass is 9.98. The van der Waals surface area contributed by atoms with Crippen molar-refractivity contribution in [3.8, 4) is 0 Å². The van der Waals surface area contributed by atoms with Crippen molar-refractivity contribution >= 4 is 15.9 Å². The van der Waals surface area contributed by atoms with Crippen LogP contribution in [0.25, 0.3) is 0 Å². The highest BCUT2D eigenvalue weighted by atomic mass is 79.9. The second-order valence-electron chi connectivity index (χ2n) is 4.33. The minimum atomic E-state index is -0.685. The molecule has 1 unspecified atom stereocenters. The van der Waals surface area contributed by atoms with E-state index in [1.54, 1.807) is 12.1 Å². The van der Waals surface area contributed by atoms with Crippen LogP contribution in [0.5, 0.6) is 0 Å². The molecule has 1 nitrogen and oxygen atoms in total. The van der Waals surface area contributed by atoms with Gasteiger partial charge in [0, 0.05) is 16.1 Å². The van der Waals surface area contributed by atoms with Gasteiger partial charge >= 0.3 is 0 Å². The third kappa shape index (κ3) is 3.22. The monoisotopic (exact) mass is 343 g/mol. The van der Waals surface area contributed by atoms with Gasteiger partial charge in [-0.05, 0) is 36.4 Å². The summed E-state index contributed by atoms with van der Waals surface area (Å²) in [5, 5.41) is 3.05. The van der Waals surface area contributed by atoms with Gasteiger partial charge in [0.25, 0.3) is 0 Å². The van der Waals surface area contributed by atoms with Gasteiger partial charge in [-0.15, -0.1) is 0 Å². The average Bonchev–Trinajstić information content (AvgIpc) is 2.36. The van der Waals surface area contributed by atoms with E-state index in [-0.39, 0.29) is 0 Å². The maximum Gasteiger partial charge on any atom is 0.129 e. The van der Waals surface area contributed by atoms with Gasteiger partial charge in [0.1, 0.15) is 17.5 Å². The Bertz CT molecular complexity index is 576. The highest BCUT2D eigenvalue weighted by molar-refractivity contribution is 9.10. The van der Waals surface area contributed by atoms with Crippen LogP contribution in [0.3, 0.4) is 0 Å². The average molecular weight is 344 g/mol. The van der Waals surface area contributed by atoms with E-state index < -0.39 is 23.5 Å². The van der Waals surface area contributed by atoms with Crippen molar-refractivity contribution < 1.29 is 13.2 Å². The summed E-state index contributed by atoms with van der Waals surface area (Å²) in [5.74, 6) is -1.80. The first-order valence-electron chi connectivity index (χ1n) is 6.16. The smallest absolute Gasteiger partial charge is 0.129 e. The Labute approximate surface area is 123 Å². The quantitative estimate of drug-likeness (QED) is 0.857. The highest BCUT2D eigenvalue weighted by Crippen LogP contribution is 2.31. The Morgan fingerprint density at radius 1 is 1.10 bits per heavy atom. The number of halogens is 4. The van der Waals surface area contributed by atoms with E-state index in [9.17, 15) is 13.2 Å². The predicted molar refractivity (Wildman–Crippen MR) is 76.0 cm³/mol. The van der Waals surface area contributed by atoms with Crippen LogP contribution in [0, 0.1) is 17.5 Å². The van der Waals surface area contributed by atoms with Crippen molar-refractivity contribution in [3.05, 3.63) is 69.4 Å². The fourth-order valence-corrected chi connectivity index (χ4v) is 2.69. The van der Waals surface area contributed by atoms with Crippen LogP contribution in [0.1, 0.15) is 24.1 Å². The van der Waals surface area contributed by atoms with Gasteiger partial charge in [-0.2, -0.15) is 0 Å². The molecule has 0 aliphatic carbocycles. The molecule has 1 N–H and O–H groups in total. The SMILES string of the molecule is CCNC(c1cc(F)cc(F)c1)c1c(F)cccc1Br. The molecular formula is C15H13BrF3N. The van der Waals surface area contributed by atoms with Gasteiger partial charge in [-0.1, -0.05) is 28.9 Å². The summed E-state index contributed by atoms with van der Waals surface area (Å²) in [5.41, 5.74) is 0.675. The van der Waals surface area contributed by atoms with Gasteiger partial charge in [0.15, 0.2) is 0 Å². The lowest BCUT2D eigenvalue weighted by Crippen LogP contribution is -2.23. The summed E-state index contributed by atoms with van der Waals surface area (Å²) in [6.07, 6.45) is 0. The topological polar surface area (TPSA) is 12.0 Å². The summed E-state index contributed by atoms with van der Waals surface area (Å²) in [6.45, 7) is 2.38. The van der Waals surface area contributed by atoms with Gasteiger partial charge < -0.3 is 5.32 Å². The summed E-state index contributed by atoms with van der Waals surface area (Å²) in [6, 6.07) is 7.16.